The molecule has 0 saturated carbocycles. The molecule has 1 atom stereocenters. The monoisotopic (exact) mass is 225 g/mol. The van der Waals surface area contributed by atoms with Crippen LogP contribution in [0.3, 0.4) is 0 Å². The molecule has 0 aliphatic heterocycles. The number of ether oxygens (including phenoxy) is 2. The molecule has 0 fully saturated rings. The van der Waals surface area contributed by atoms with Gasteiger partial charge in [-0.1, -0.05) is 6.07 Å². The van der Waals surface area contributed by atoms with Crippen molar-refractivity contribution in [3.8, 4) is 11.5 Å². The van der Waals surface area contributed by atoms with E-state index in [4.69, 9.17) is 14.6 Å². The van der Waals surface area contributed by atoms with E-state index in [0.717, 1.165) is 17.9 Å². The van der Waals surface area contributed by atoms with E-state index in [1.807, 2.05) is 31.3 Å². The Kier molecular flexibility index (Phi) is 5.67. The smallest absolute Gasteiger partial charge is 0.122 e. The van der Waals surface area contributed by atoms with Crippen LogP contribution in [0.2, 0.25) is 0 Å². The van der Waals surface area contributed by atoms with Gasteiger partial charge in [-0.25, -0.2) is 0 Å². The lowest BCUT2D eigenvalue weighted by atomic mass is 10.2. The average Bonchev–Trinajstić information content (AvgIpc) is 2.35. The molecule has 1 aromatic carbocycles. The standard InChI is InChI=1S/C12H19NO3/c1-13-10(9-14)6-7-16-12-5-3-4-11(8-12)15-2/h3-5,8,10,13-14H,6-7,9H2,1-2H3. The van der Waals surface area contributed by atoms with Crippen molar-refractivity contribution >= 4 is 0 Å². The lowest BCUT2D eigenvalue weighted by molar-refractivity contribution is 0.214. The molecule has 1 unspecified atom stereocenters. The molecule has 0 bridgehead atoms. The van der Waals surface area contributed by atoms with Crippen molar-refractivity contribution in [1.82, 2.24) is 5.32 Å². The molecule has 0 aliphatic rings. The van der Waals surface area contributed by atoms with Gasteiger partial charge >= 0.3 is 0 Å². The van der Waals surface area contributed by atoms with Gasteiger partial charge in [0.15, 0.2) is 0 Å². The molecular weight excluding hydrogens is 206 g/mol. The fraction of sp³-hybridized carbons (Fsp3) is 0.500. The second-order valence-corrected chi connectivity index (χ2v) is 3.48. The summed E-state index contributed by atoms with van der Waals surface area (Å²) < 4.78 is 10.6. The molecule has 1 aromatic rings. The summed E-state index contributed by atoms with van der Waals surface area (Å²) in [5, 5.41) is 12.0. The Bertz CT molecular complexity index is 300. The highest BCUT2D eigenvalue weighted by Gasteiger charge is 2.04. The van der Waals surface area contributed by atoms with Gasteiger partial charge in [-0.05, 0) is 25.6 Å². The van der Waals surface area contributed by atoms with Crippen molar-refractivity contribution in [3.63, 3.8) is 0 Å². The largest absolute Gasteiger partial charge is 0.497 e. The van der Waals surface area contributed by atoms with Crippen LogP contribution in [0.25, 0.3) is 0 Å². The van der Waals surface area contributed by atoms with Crippen LogP contribution in [0.4, 0.5) is 0 Å². The van der Waals surface area contributed by atoms with Gasteiger partial charge in [-0.15, -0.1) is 0 Å². The molecule has 2 N–H and O–H groups in total. The number of likely N-dealkylation sites (N-methyl/N-ethyl adjacent to an activating group) is 1. The van der Waals surface area contributed by atoms with Crippen LogP contribution in [0.15, 0.2) is 24.3 Å². The minimum atomic E-state index is 0.0885. The Morgan fingerprint density at radius 3 is 2.75 bits per heavy atom. The topological polar surface area (TPSA) is 50.7 Å². The van der Waals surface area contributed by atoms with E-state index in [9.17, 15) is 0 Å². The summed E-state index contributed by atoms with van der Waals surface area (Å²) in [5.74, 6) is 1.57. The lowest BCUT2D eigenvalue weighted by Crippen LogP contribution is -2.30. The number of nitrogens with one attached hydrogen (secondary N) is 1. The van der Waals surface area contributed by atoms with Crippen LogP contribution in [0, 0.1) is 0 Å². The molecule has 0 radical (unpaired) electrons. The van der Waals surface area contributed by atoms with Gasteiger partial charge in [-0.3, -0.25) is 0 Å². The molecule has 4 heteroatoms. The van der Waals surface area contributed by atoms with Crippen LogP contribution in [-0.2, 0) is 0 Å². The van der Waals surface area contributed by atoms with Crippen LogP contribution < -0.4 is 14.8 Å². The first-order valence-corrected chi connectivity index (χ1v) is 5.35. The summed E-state index contributed by atoms with van der Waals surface area (Å²) >= 11 is 0. The summed E-state index contributed by atoms with van der Waals surface area (Å²) in [6.07, 6.45) is 0.768. The van der Waals surface area contributed by atoms with E-state index < -0.39 is 0 Å². The van der Waals surface area contributed by atoms with Gasteiger partial charge in [0.05, 0.1) is 20.3 Å². The molecule has 0 spiro atoms. The van der Waals surface area contributed by atoms with Crippen molar-refractivity contribution in [2.45, 2.75) is 12.5 Å². The number of hydrogen-bond donors (Lipinski definition) is 2. The van der Waals surface area contributed by atoms with Crippen molar-refractivity contribution in [2.24, 2.45) is 0 Å². The highest BCUT2D eigenvalue weighted by Crippen LogP contribution is 2.18. The molecular formula is C12H19NO3. The maximum absolute atomic E-state index is 8.97. The van der Waals surface area contributed by atoms with E-state index in [1.54, 1.807) is 7.11 Å². The minimum absolute atomic E-state index is 0.0885. The average molecular weight is 225 g/mol. The zero-order valence-electron chi connectivity index (χ0n) is 9.77. The van der Waals surface area contributed by atoms with Gasteiger partial charge in [0.2, 0.25) is 0 Å². The van der Waals surface area contributed by atoms with E-state index in [2.05, 4.69) is 5.32 Å². The fourth-order valence-electron chi connectivity index (χ4n) is 1.34. The second-order valence-electron chi connectivity index (χ2n) is 3.48. The Morgan fingerprint density at radius 2 is 2.12 bits per heavy atom. The van der Waals surface area contributed by atoms with E-state index in [1.165, 1.54) is 0 Å². The number of benzene rings is 1. The molecule has 0 aromatic heterocycles. The normalized spacial score (nSPS) is 12.2. The molecule has 90 valence electrons. The number of aliphatic hydroxyl groups is 1. The van der Waals surface area contributed by atoms with Crippen molar-refractivity contribution < 1.29 is 14.6 Å². The third-order valence-electron chi connectivity index (χ3n) is 2.40. The number of methoxy groups -OCH3 is 1. The van der Waals surface area contributed by atoms with Crippen LogP contribution in [0.5, 0.6) is 11.5 Å². The van der Waals surface area contributed by atoms with Crippen molar-refractivity contribution in [1.29, 1.82) is 0 Å². The Hall–Kier alpha value is -1.26. The maximum Gasteiger partial charge on any atom is 0.122 e. The predicted octanol–water partition coefficient (Wildman–Crippen LogP) is 1.04. The van der Waals surface area contributed by atoms with Crippen molar-refractivity contribution in [2.75, 3.05) is 27.4 Å². The summed E-state index contributed by atoms with van der Waals surface area (Å²) in [7, 11) is 3.45. The molecule has 0 aliphatic carbocycles. The van der Waals surface area contributed by atoms with Gasteiger partial charge in [0.1, 0.15) is 11.5 Å². The number of aliphatic hydroxyl groups excluding tert-OH is 1. The first-order valence-electron chi connectivity index (χ1n) is 5.35. The predicted molar refractivity (Wildman–Crippen MR) is 63.0 cm³/mol. The molecule has 1 rings (SSSR count). The Labute approximate surface area is 96.2 Å². The Morgan fingerprint density at radius 1 is 1.38 bits per heavy atom. The quantitative estimate of drug-likeness (QED) is 0.728. The third kappa shape index (κ3) is 4.08. The van der Waals surface area contributed by atoms with E-state index >= 15 is 0 Å². The van der Waals surface area contributed by atoms with E-state index in [-0.39, 0.29) is 12.6 Å². The highest BCUT2D eigenvalue weighted by atomic mass is 16.5. The van der Waals surface area contributed by atoms with Crippen LogP contribution in [0.1, 0.15) is 6.42 Å². The summed E-state index contributed by atoms with van der Waals surface area (Å²) in [6, 6.07) is 7.57. The maximum atomic E-state index is 8.97. The Balaban J connectivity index is 2.36. The molecule has 16 heavy (non-hydrogen) atoms. The van der Waals surface area contributed by atoms with Crippen LogP contribution in [-0.4, -0.2) is 38.5 Å². The van der Waals surface area contributed by atoms with Gasteiger partial charge < -0.3 is 19.9 Å². The van der Waals surface area contributed by atoms with Gasteiger partial charge in [0.25, 0.3) is 0 Å². The zero-order valence-corrected chi connectivity index (χ0v) is 9.77. The molecule has 4 nitrogen and oxygen atoms in total. The number of hydrogen-bond acceptors (Lipinski definition) is 4. The summed E-state index contributed by atoms with van der Waals surface area (Å²) in [6.45, 7) is 0.692. The first kappa shape index (κ1) is 12.8. The lowest BCUT2D eigenvalue weighted by Gasteiger charge is -2.13. The van der Waals surface area contributed by atoms with Crippen LogP contribution >= 0.6 is 0 Å². The minimum Gasteiger partial charge on any atom is -0.497 e. The number of rotatable bonds is 7. The van der Waals surface area contributed by atoms with E-state index in [0.29, 0.717) is 6.61 Å². The highest BCUT2D eigenvalue weighted by molar-refractivity contribution is 5.32. The third-order valence-corrected chi connectivity index (χ3v) is 2.40. The molecule has 0 amide bonds. The zero-order chi connectivity index (χ0) is 11.8. The van der Waals surface area contributed by atoms with Gasteiger partial charge in [0, 0.05) is 12.1 Å². The summed E-state index contributed by atoms with van der Waals surface area (Å²) in [5.41, 5.74) is 0. The second kappa shape index (κ2) is 7.09. The summed E-state index contributed by atoms with van der Waals surface area (Å²) in [4.78, 5) is 0. The SMILES string of the molecule is CNC(CO)CCOc1cccc(OC)c1. The molecule has 0 saturated heterocycles. The molecule has 0 heterocycles. The fourth-order valence-corrected chi connectivity index (χ4v) is 1.34. The first-order chi connectivity index (χ1) is 7.80. The van der Waals surface area contributed by atoms with Gasteiger partial charge in [-0.2, -0.15) is 0 Å². The van der Waals surface area contributed by atoms with Crippen molar-refractivity contribution in [3.05, 3.63) is 24.3 Å².